The molecule has 3 aromatic rings. The maximum atomic E-state index is 6.09. The van der Waals surface area contributed by atoms with Crippen LogP contribution in [-0.2, 0) is 20.1 Å². The molecule has 0 saturated carbocycles. The summed E-state index contributed by atoms with van der Waals surface area (Å²) in [5.41, 5.74) is 2.05. The van der Waals surface area contributed by atoms with E-state index in [1.807, 2.05) is 40.6 Å². The van der Waals surface area contributed by atoms with Crippen molar-refractivity contribution in [3.05, 3.63) is 64.6 Å². The van der Waals surface area contributed by atoms with Crippen LogP contribution in [0.2, 0.25) is 10.2 Å². The van der Waals surface area contributed by atoms with Gasteiger partial charge in [0.15, 0.2) is 5.96 Å². The van der Waals surface area contributed by atoms with Crippen molar-refractivity contribution in [2.24, 2.45) is 12.0 Å². The number of halogens is 2. The third-order valence-corrected chi connectivity index (χ3v) is 4.76. The molecule has 3 heterocycles. The molecule has 0 unspecified atom stereocenters. The molecule has 0 bridgehead atoms. The van der Waals surface area contributed by atoms with Gasteiger partial charge in [-0.2, -0.15) is 0 Å². The van der Waals surface area contributed by atoms with Crippen molar-refractivity contribution in [1.82, 2.24) is 29.7 Å². The van der Waals surface area contributed by atoms with E-state index in [4.69, 9.17) is 23.2 Å². The Morgan fingerprint density at radius 2 is 2.00 bits per heavy atom. The minimum atomic E-state index is 0.523. The molecular formula is C17H19Cl2N7. The number of nitrogens with one attached hydrogen (secondary N) is 2. The summed E-state index contributed by atoms with van der Waals surface area (Å²) in [6, 6.07) is 5.79. The normalized spacial score (nSPS) is 11.6. The number of hydrogen-bond acceptors (Lipinski definition) is 3. The smallest absolute Gasteiger partial charge is 0.191 e. The number of aliphatic imine (C=N–C) groups is 1. The second-order valence-electron chi connectivity index (χ2n) is 5.61. The maximum absolute atomic E-state index is 6.09. The van der Waals surface area contributed by atoms with Crippen LogP contribution in [0.3, 0.4) is 0 Å². The molecule has 0 atom stereocenters. The quantitative estimate of drug-likeness (QED) is 0.518. The minimum absolute atomic E-state index is 0.523. The first kappa shape index (κ1) is 18.3. The molecule has 136 valence electrons. The van der Waals surface area contributed by atoms with Crippen molar-refractivity contribution in [1.29, 1.82) is 0 Å². The Labute approximate surface area is 161 Å². The summed E-state index contributed by atoms with van der Waals surface area (Å²) in [4.78, 5) is 12.6. The summed E-state index contributed by atoms with van der Waals surface area (Å²) < 4.78 is 3.70. The number of hydrogen-bond donors (Lipinski definition) is 2. The standard InChI is InChI=1S/C17H19Cl2N7/c1-20-17(24-10-13-8-14(18)16(19)25(13)2)23-9-12-3-4-22-15(7-12)26-6-5-21-11-26/h3-8,11H,9-10H2,1-2H3,(H2,20,23,24). The number of guanidine groups is 1. The molecule has 3 aromatic heterocycles. The van der Waals surface area contributed by atoms with Crippen molar-refractivity contribution in [2.45, 2.75) is 13.1 Å². The number of pyridine rings is 1. The number of nitrogens with zero attached hydrogens (tertiary/aromatic N) is 5. The van der Waals surface area contributed by atoms with Gasteiger partial charge in [-0.3, -0.25) is 9.56 Å². The van der Waals surface area contributed by atoms with Gasteiger partial charge < -0.3 is 15.2 Å². The van der Waals surface area contributed by atoms with E-state index in [0.717, 1.165) is 17.1 Å². The van der Waals surface area contributed by atoms with Crippen LogP contribution in [0.25, 0.3) is 5.82 Å². The number of aromatic nitrogens is 4. The molecule has 7 nitrogen and oxygen atoms in total. The number of imidazole rings is 1. The molecule has 0 spiro atoms. The number of rotatable bonds is 5. The molecule has 0 aliphatic carbocycles. The molecular weight excluding hydrogens is 373 g/mol. The van der Waals surface area contributed by atoms with Gasteiger partial charge in [-0.05, 0) is 23.8 Å². The monoisotopic (exact) mass is 391 g/mol. The van der Waals surface area contributed by atoms with Crippen LogP contribution in [0.5, 0.6) is 0 Å². The molecule has 0 saturated heterocycles. The lowest BCUT2D eigenvalue weighted by Crippen LogP contribution is -2.36. The van der Waals surface area contributed by atoms with Gasteiger partial charge in [0.1, 0.15) is 17.3 Å². The van der Waals surface area contributed by atoms with Crippen LogP contribution in [0.1, 0.15) is 11.3 Å². The lowest BCUT2D eigenvalue weighted by molar-refractivity contribution is 0.749. The van der Waals surface area contributed by atoms with Gasteiger partial charge in [-0.25, -0.2) is 9.97 Å². The largest absolute Gasteiger partial charge is 0.352 e. The Balaban J connectivity index is 1.59. The van der Waals surface area contributed by atoms with Crippen LogP contribution in [-0.4, -0.2) is 32.1 Å². The summed E-state index contributed by atoms with van der Waals surface area (Å²) >= 11 is 12.1. The topological polar surface area (TPSA) is 72.1 Å². The Morgan fingerprint density at radius 1 is 1.19 bits per heavy atom. The maximum Gasteiger partial charge on any atom is 0.191 e. The first-order valence-corrected chi connectivity index (χ1v) is 8.71. The summed E-state index contributed by atoms with van der Waals surface area (Å²) in [7, 11) is 3.60. The first-order chi connectivity index (χ1) is 12.6. The van der Waals surface area contributed by atoms with E-state index in [-0.39, 0.29) is 0 Å². The van der Waals surface area contributed by atoms with Gasteiger partial charge in [-0.1, -0.05) is 23.2 Å². The second kappa shape index (κ2) is 8.25. The zero-order valence-electron chi connectivity index (χ0n) is 14.4. The van der Waals surface area contributed by atoms with E-state index >= 15 is 0 Å². The van der Waals surface area contributed by atoms with Gasteiger partial charge in [0.25, 0.3) is 0 Å². The molecule has 3 rings (SSSR count). The fourth-order valence-electron chi connectivity index (χ4n) is 2.45. The zero-order valence-corrected chi connectivity index (χ0v) is 16.0. The minimum Gasteiger partial charge on any atom is -0.352 e. The van der Waals surface area contributed by atoms with E-state index in [1.165, 1.54) is 0 Å². The third-order valence-electron chi connectivity index (χ3n) is 3.92. The Bertz CT molecular complexity index is 900. The van der Waals surface area contributed by atoms with Crippen molar-refractivity contribution in [3.63, 3.8) is 0 Å². The van der Waals surface area contributed by atoms with E-state index in [0.29, 0.717) is 29.2 Å². The highest BCUT2D eigenvalue weighted by Gasteiger charge is 2.09. The Hall–Kier alpha value is -2.51. The van der Waals surface area contributed by atoms with Crippen LogP contribution in [0.4, 0.5) is 0 Å². The summed E-state index contributed by atoms with van der Waals surface area (Å²) in [6.07, 6.45) is 7.07. The molecule has 0 aliphatic heterocycles. The van der Waals surface area contributed by atoms with Crippen molar-refractivity contribution in [2.75, 3.05) is 7.05 Å². The first-order valence-electron chi connectivity index (χ1n) is 7.96. The molecule has 0 radical (unpaired) electrons. The fraction of sp³-hybridized carbons (Fsp3) is 0.235. The molecule has 0 fully saturated rings. The molecule has 2 N–H and O–H groups in total. The van der Waals surface area contributed by atoms with E-state index in [1.54, 1.807) is 25.8 Å². The van der Waals surface area contributed by atoms with Crippen molar-refractivity contribution < 1.29 is 0 Å². The summed E-state index contributed by atoms with van der Waals surface area (Å²) in [5, 5.41) is 7.59. The highest BCUT2D eigenvalue weighted by Crippen LogP contribution is 2.24. The highest BCUT2D eigenvalue weighted by molar-refractivity contribution is 6.41. The van der Waals surface area contributed by atoms with Crippen LogP contribution in [0, 0.1) is 0 Å². The van der Waals surface area contributed by atoms with Gasteiger partial charge in [0.05, 0.1) is 11.6 Å². The summed E-state index contributed by atoms with van der Waals surface area (Å²) in [5.74, 6) is 1.50. The van der Waals surface area contributed by atoms with E-state index < -0.39 is 0 Å². The zero-order chi connectivity index (χ0) is 18.5. The molecule has 0 amide bonds. The van der Waals surface area contributed by atoms with Gasteiger partial charge in [-0.15, -0.1) is 0 Å². The van der Waals surface area contributed by atoms with E-state index in [9.17, 15) is 0 Å². The van der Waals surface area contributed by atoms with Crippen LogP contribution in [0.15, 0.2) is 48.1 Å². The Morgan fingerprint density at radius 3 is 2.65 bits per heavy atom. The molecule has 0 aromatic carbocycles. The third kappa shape index (κ3) is 4.17. The molecule has 0 aliphatic rings. The highest BCUT2D eigenvalue weighted by atomic mass is 35.5. The van der Waals surface area contributed by atoms with Gasteiger partial charge in [0, 0.05) is 44.9 Å². The average molecular weight is 392 g/mol. The predicted octanol–water partition coefficient (Wildman–Crippen LogP) is 2.78. The van der Waals surface area contributed by atoms with Gasteiger partial charge in [0.2, 0.25) is 0 Å². The van der Waals surface area contributed by atoms with Crippen LogP contribution < -0.4 is 10.6 Å². The van der Waals surface area contributed by atoms with E-state index in [2.05, 4.69) is 25.6 Å². The lowest BCUT2D eigenvalue weighted by atomic mass is 10.2. The van der Waals surface area contributed by atoms with Gasteiger partial charge >= 0.3 is 0 Å². The molecule has 26 heavy (non-hydrogen) atoms. The Kier molecular flexibility index (Phi) is 5.80. The SMILES string of the molecule is CN=C(NCc1ccnc(-n2ccnc2)c1)NCc1cc(Cl)c(Cl)n1C. The lowest BCUT2D eigenvalue weighted by Gasteiger charge is -2.13. The fourth-order valence-corrected chi connectivity index (χ4v) is 2.86. The summed E-state index contributed by atoms with van der Waals surface area (Å²) in [6.45, 7) is 1.16. The molecule has 9 heteroatoms. The average Bonchev–Trinajstić information content (AvgIpc) is 3.27. The van der Waals surface area contributed by atoms with Crippen LogP contribution >= 0.6 is 23.2 Å². The van der Waals surface area contributed by atoms with Crippen molar-refractivity contribution in [3.8, 4) is 5.82 Å². The second-order valence-corrected chi connectivity index (χ2v) is 6.37. The predicted molar refractivity (Wildman–Crippen MR) is 104 cm³/mol. The van der Waals surface area contributed by atoms with Crippen molar-refractivity contribution >= 4 is 29.2 Å².